The maximum absolute atomic E-state index is 11.3. The zero-order valence-electron chi connectivity index (χ0n) is 11.0. The molecule has 18 heavy (non-hydrogen) atoms. The maximum Gasteiger partial charge on any atom is 0.153 e. The summed E-state index contributed by atoms with van der Waals surface area (Å²) in [6, 6.07) is 0. The topological polar surface area (TPSA) is 68.3 Å². The third-order valence-electron chi connectivity index (χ3n) is 2.20. The van der Waals surface area contributed by atoms with Crippen LogP contribution in [0.1, 0.15) is 28.9 Å². The predicted molar refractivity (Wildman–Crippen MR) is 73.4 cm³/mol. The second-order valence-electron chi connectivity index (χ2n) is 4.16. The van der Waals surface area contributed by atoms with E-state index in [2.05, 4.69) is 17.2 Å². The molecule has 0 radical (unpaired) electrons. The first-order chi connectivity index (χ1) is 8.46. The van der Waals surface area contributed by atoms with E-state index in [4.69, 9.17) is 4.74 Å². The van der Waals surface area contributed by atoms with Crippen LogP contribution in [0.5, 0.6) is 0 Å². The highest BCUT2D eigenvalue weighted by atomic mass is 32.2. The van der Waals surface area contributed by atoms with Gasteiger partial charge in [-0.1, -0.05) is 6.92 Å². The van der Waals surface area contributed by atoms with Crippen molar-refractivity contribution in [1.82, 2.24) is 10.3 Å². The number of nitrogens with zero attached hydrogens (tertiary/aromatic N) is 1. The fourth-order valence-electron chi connectivity index (χ4n) is 1.49. The van der Waals surface area contributed by atoms with Crippen molar-refractivity contribution < 1.29 is 13.2 Å². The normalized spacial score (nSPS) is 11.9. The van der Waals surface area contributed by atoms with Crippen molar-refractivity contribution in [2.45, 2.75) is 32.2 Å². The van der Waals surface area contributed by atoms with Crippen molar-refractivity contribution in [2.24, 2.45) is 0 Å². The van der Waals surface area contributed by atoms with Crippen LogP contribution in [-0.2, 0) is 33.5 Å². The van der Waals surface area contributed by atoms with Crippen LogP contribution in [0, 0.1) is 0 Å². The van der Waals surface area contributed by atoms with E-state index >= 15 is 0 Å². The van der Waals surface area contributed by atoms with Gasteiger partial charge in [0.15, 0.2) is 9.84 Å². The molecule has 0 aliphatic carbocycles. The Morgan fingerprint density at radius 3 is 2.72 bits per heavy atom. The Bertz CT molecular complexity index is 469. The summed E-state index contributed by atoms with van der Waals surface area (Å²) in [7, 11) is -1.42. The Kier molecular flexibility index (Phi) is 6.20. The molecule has 0 bridgehead atoms. The maximum atomic E-state index is 11.3. The molecule has 1 N–H and O–H groups in total. The van der Waals surface area contributed by atoms with Crippen molar-refractivity contribution in [2.75, 3.05) is 19.9 Å². The van der Waals surface area contributed by atoms with Gasteiger partial charge < -0.3 is 10.1 Å². The second-order valence-corrected chi connectivity index (χ2v) is 7.47. The van der Waals surface area contributed by atoms with Crippen molar-refractivity contribution >= 4 is 21.2 Å². The lowest BCUT2D eigenvalue weighted by Gasteiger charge is -2.02. The SMILES string of the molecule is CCCNCc1sc(CS(C)(=O)=O)nc1COC. The van der Waals surface area contributed by atoms with Gasteiger partial charge in [0.25, 0.3) is 0 Å². The third-order valence-corrected chi connectivity index (χ3v) is 4.28. The van der Waals surface area contributed by atoms with Crippen LogP contribution in [-0.4, -0.2) is 33.3 Å². The molecule has 104 valence electrons. The standard InChI is InChI=1S/C11H20N2O3S2/c1-4-5-12-6-10-9(7-16-2)13-11(17-10)8-18(3,14)15/h12H,4-8H2,1-3H3. The van der Waals surface area contributed by atoms with Crippen LogP contribution < -0.4 is 5.32 Å². The van der Waals surface area contributed by atoms with E-state index < -0.39 is 9.84 Å². The van der Waals surface area contributed by atoms with Gasteiger partial charge in [-0.15, -0.1) is 11.3 Å². The molecule has 0 spiro atoms. The Balaban J connectivity index is 2.79. The monoisotopic (exact) mass is 292 g/mol. The van der Waals surface area contributed by atoms with Gasteiger partial charge in [0.2, 0.25) is 0 Å². The molecule has 5 nitrogen and oxygen atoms in total. The minimum absolute atomic E-state index is 0.00214. The van der Waals surface area contributed by atoms with E-state index in [1.54, 1.807) is 7.11 Å². The Labute approximate surface area is 112 Å². The number of rotatable bonds is 8. The minimum Gasteiger partial charge on any atom is -0.378 e. The van der Waals surface area contributed by atoms with Crippen molar-refractivity contribution in [3.63, 3.8) is 0 Å². The molecule has 0 unspecified atom stereocenters. The lowest BCUT2D eigenvalue weighted by atomic mass is 10.3. The van der Waals surface area contributed by atoms with Gasteiger partial charge in [0, 0.05) is 24.8 Å². The first-order valence-electron chi connectivity index (χ1n) is 5.81. The molecule has 0 fully saturated rings. The lowest BCUT2D eigenvalue weighted by Crippen LogP contribution is -2.14. The molecule has 1 heterocycles. The summed E-state index contributed by atoms with van der Waals surface area (Å²) in [5.41, 5.74) is 0.838. The summed E-state index contributed by atoms with van der Waals surface area (Å²) in [6.07, 6.45) is 2.29. The van der Waals surface area contributed by atoms with E-state index in [1.165, 1.54) is 17.6 Å². The average Bonchev–Trinajstić information content (AvgIpc) is 2.59. The highest BCUT2D eigenvalue weighted by molar-refractivity contribution is 7.90. The number of hydrogen-bond acceptors (Lipinski definition) is 6. The Morgan fingerprint density at radius 2 is 2.17 bits per heavy atom. The summed E-state index contributed by atoms with van der Waals surface area (Å²) >= 11 is 1.44. The van der Waals surface area contributed by atoms with Gasteiger partial charge in [-0.25, -0.2) is 13.4 Å². The van der Waals surface area contributed by atoms with Gasteiger partial charge in [-0.05, 0) is 13.0 Å². The Morgan fingerprint density at radius 1 is 1.44 bits per heavy atom. The third kappa shape index (κ3) is 5.43. The summed E-state index contributed by atoms with van der Waals surface area (Å²) in [5.74, 6) is 0.00214. The summed E-state index contributed by atoms with van der Waals surface area (Å²) < 4.78 is 27.6. The molecule has 1 aromatic heterocycles. The van der Waals surface area contributed by atoms with Gasteiger partial charge in [-0.3, -0.25) is 0 Å². The predicted octanol–water partition coefficient (Wildman–Crippen LogP) is 1.33. The van der Waals surface area contributed by atoms with E-state index in [-0.39, 0.29) is 5.75 Å². The largest absolute Gasteiger partial charge is 0.378 e. The molecule has 7 heteroatoms. The van der Waals surface area contributed by atoms with Gasteiger partial charge in [0.1, 0.15) is 10.8 Å². The second kappa shape index (κ2) is 7.18. The molecule has 0 aliphatic heterocycles. The number of thiazole rings is 1. The summed E-state index contributed by atoms with van der Waals surface area (Å²) in [6.45, 7) is 4.17. The van der Waals surface area contributed by atoms with Crippen LogP contribution in [0.15, 0.2) is 0 Å². The lowest BCUT2D eigenvalue weighted by molar-refractivity contribution is 0.181. The molecule has 0 saturated carbocycles. The van der Waals surface area contributed by atoms with E-state index in [9.17, 15) is 8.42 Å². The van der Waals surface area contributed by atoms with Crippen LogP contribution in [0.25, 0.3) is 0 Å². The molecule has 0 saturated heterocycles. The van der Waals surface area contributed by atoms with Crippen molar-refractivity contribution in [1.29, 1.82) is 0 Å². The van der Waals surface area contributed by atoms with Gasteiger partial charge >= 0.3 is 0 Å². The molecular formula is C11H20N2O3S2. The number of nitrogens with one attached hydrogen (secondary N) is 1. The van der Waals surface area contributed by atoms with Crippen LogP contribution in [0.4, 0.5) is 0 Å². The van der Waals surface area contributed by atoms with Crippen LogP contribution >= 0.6 is 11.3 Å². The van der Waals surface area contributed by atoms with Crippen LogP contribution in [0.3, 0.4) is 0 Å². The fourth-order valence-corrected chi connectivity index (χ4v) is 3.72. The van der Waals surface area contributed by atoms with E-state index in [1.807, 2.05) is 0 Å². The molecule has 0 aliphatic rings. The zero-order chi connectivity index (χ0) is 13.6. The highest BCUT2D eigenvalue weighted by Gasteiger charge is 2.14. The average molecular weight is 292 g/mol. The smallest absolute Gasteiger partial charge is 0.153 e. The van der Waals surface area contributed by atoms with Crippen LogP contribution in [0.2, 0.25) is 0 Å². The molecule has 1 aromatic rings. The van der Waals surface area contributed by atoms with Crippen molar-refractivity contribution in [3.8, 4) is 0 Å². The number of hydrogen-bond donors (Lipinski definition) is 1. The summed E-state index contributed by atoms with van der Waals surface area (Å²) in [5, 5.41) is 3.93. The quantitative estimate of drug-likeness (QED) is 0.732. The number of aromatic nitrogens is 1. The van der Waals surface area contributed by atoms with E-state index in [0.717, 1.165) is 23.5 Å². The summed E-state index contributed by atoms with van der Waals surface area (Å²) in [4.78, 5) is 5.40. The number of methoxy groups -OCH3 is 1. The number of sulfone groups is 1. The first kappa shape index (κ1) is 15.6. The highest BCUT2D eigenvalue weighted by Crippen LogP contribution is 2.21. The molecule has 1 rings (SSSR count). The van der Waals surface area contributed by atoms with Crippen molar-refractivity contribution in [3.05, 3.63) is 15.6 Å². The van der Waals surface area contributed by atoms with E-state index in [0.29, 0.717) is 18.2 Å². The molecule has 0 amide bonds. The fraction of sp³-hybridized carbons (Fsp3) is 0.727. The molecule has 0 aromatic carbocycles. The van der Waals surface area contributed by atoms with Gasteiger partial charge in [-0.2, -0.15) is 0 Å². The Hall–Kier alpha value is -0.500. The van der Waals surface area contributed by atoms with Gasteiger partial charge in [0.05, 0.1) is 12.3 Å². The zero-order valence-corrected chi connectivity index (χ0v) is 12.7. The number of ether oxygens (including phenoxy) is 1. The minimum atomic E-state index is -3.03. The first-order valence-corrected chi connectivity index (χ1v) is 8.68. The molecule has 0 atom stereocenters. The molecular weight excluding hydrogens is 272 g/mol.